The largest absolute Gasteiger partial charge is 0.312 e. The van der Waals surface area contributed by atoms with Gasteiger partial charge in [-0.1, -0.05) is 42.0 Å². The molecule has 1 aliphatic carbocycles. The molecular weight excluding hydrogens is 261 g/mol. The molecule has 2 aromatic carbocycles. The van der Waals surface area contributed by atoms with Gasteiger partial charge in [-0.15, -0.1) is 0 Å². The molecule has 110 valence electrons. The minimum absolute atomic E-state index is 0.0337. The van der Waals surface area contributed by atoms with Gasteiger partial charge in [0, 0.05) is 17.5 Å². The van der Waals surface area contributed by atoms with Crippen LogP contribution in [0.1, 0.15) is 47.1 Å². The summed E-state index contributed by atoms with van der Waals surface area (Å²) < 4.78 is 14.3. The summed E-state index contributed by atoms with van der Waals surface area (Å²) in [6.45, 7) is 2.02. The van der Waals surface area contributed by atoms with Gasteiger partial charge in [0.15, 0.2) is 0 Å². The zero-order valence-electron chi connectivity index (χ0n) is 12.7. The first-order valence-electron chi connectivity index (χ1n) is 7.72. The van der Waals surface area contributed by atoms with Crippen LogP contribution in [0.4, 0.5) is 4.39 Å². The predicted molar refractivity (Wildman–Crippen MR) is 85.1 cm³/mol. The summed E-state index contributed by atoms with van der Waals surface area (Å²) in [5, 5.41) is 3.36. The van der Waals surface area contributed by atoms with Crippen molar-refractivity contribution in [3.63, 3.8) is 0 Å². The van der Waals surface area contributed by atoms with Gasteiger partial charge in [0.05, 0.1) is 0 Å². The van der Waals surface area contributed by atoms with Gasteiger partial charge in [-0.3, -0.25) is 0 Å². The van der Waals surface area contributed by atoms with Crippen molar-refractivity contribution in [3.8, 4) is 0 Å². The van der Waals surface area contributed by atoms with E-state index in [0.717, 1.165) is 24.0 Å². The number of rotatable bonds is 3. The number of fused-ring (bicyclic) bond motifs is 1. The zero-order valence-corrected chi connectivity index (χ0v) is 12.7. The summed E-state index contributed by atoms with van der Waals surface area (Å²) in [5.74, 6) is 0.235. The van der Waals surface area contributed by atoms with Gasteiger partial charge in [-0.25, -0.2) is 4.39 Å². The van der Waals surface area contributed by atoms with Gasteiger partial charge in [0.2, 0.25) is 0 Å². The molecule has 21 heavy (non-hydrogen) atoms. The van der Waals surface area contributed by atoms with E-state index in [-0.39, 0.29) is 11.9 Å². The lowest BCUT2D eigenvalue weighted by atomic mass is 9.76. The molecule has 2 aromatic rings. The summed E-state index contributed by atoms with van der Waals surface area (Å²) in [5.41, 5.74) is 4.70. The molecule has 0 aliphatic heterocycles. The Balaban J connectivity index is 2.03. The first-order chi connectivity index (χ1) is 10.2. The molecule has 1 aliphatic rings. The highest BCUT2D eigenvalue weighted by Gasteiger charge is 2.29. The maximum Gasteiger partial charge on any atom is 0.128 e. The lowest BCUT2D eigenvalue weighted by Crippen LogP contribution is -2.27. The van der Waals surface area contributed by atoms with E-state index in [9.17, 15) is 4.39 Å². The summed E-state index contributed by atoms with van der Waals surface area (Å²) >= 11 is 0. The third kappa shape index (κ3) is 2.73. The molecule has 0 bridgehead atoms. The maximum atomic E-state index is 14.3. The molecule has 2 heteroatoms. The first-order valence-corrected chi connectivity index (χ1v) is 7.72. The molecule has 2 atom stereocenters. The lowest BCUT2D eigenvalue weighted by Gasteiger charge is -2.33. The highest BCUT2D eigenvalue weighted by Crippen LogP contribution is 2.40. The molecule has 0 fully saturated rings. The number of aryl methyl sites for hydroxylation is 2. The summed E-state index contributed by atoms with van der Waals surface area (Å²) in [6.07, 6.45) is 3.42. The van der Waals surface area contributed by atoms with Crippen LogP contribution >= 0.6 is 0 Å². The van der Waals surface area contributed by atoms with Crippen molar-refractivity contribution >= 4 is 0 Å². The first kappa shape index (κ1) is 14.3. The van der Waals surface area contributed by atoms with Crippen molar-refractivity contribution in [1.29, 1.82) is 0 Å². The van der Waals surface area contributed by atoms with E-state index >= 15 is 0 Å². The van der Waals surface area contributed by atoms with Crippen LogP contribution in [0.5, 0.6) is 0 Å². The molecular formula is C19H22FN. The predicted octanol–water partition coefficient (Wildman–Crippen LogP) is 4.51. The molecule has 1 nitrogen and oxygen atoms in total. The number of benzene rings is 2. The lowest BCUT2D eigenvalue weighted by molar-refractivity contribution is 0.411. The monoisotopic (exact) mass is 283 g/mol. The molecule has 0 spiro atoms. The van der Waals surface area contributed by atoms with E-state index in [0.29, 0.717) is 5.92 Å². The van der Waals surface area contributed by atoms with Crippen LogP contribution in [0.15, 0.2) is 42.5 Å². The topological polar surface area (TPSA) is 12.0 Å². The molecule has 2 unspecified atom stereocenters. The van der Waals surface area contributed by atoms with E-state index in [1.54, 1.807) is 6.07 Å². The van der Waals surface area contributed by atoms with Crippen molar-refractivity contribution in [3.05, 3.63) is 70.5 Å². The van der Waals surface area contributed by atoms with E-state index in [1.807, 2.05) is 26.1 Å². The quantitative estimate of drug-likeness (QED) is 0.873. The fourth-order valence-electron chi connectivity index (χ4n) is 3.61. The Bertz CT molecular complexity index is 635. The second-order valence-corrected chi connectivity index (χ2v) is 5.99. The van der Waals surface area contributed by atoms with Crippen molar-refractivity contribution in [2.24, 2.45) is 0 Å². The molecule has 1 N–H and O–H groups in total. The standard InChI is InChI=1S/C19H22FN/c1-13-10-11-18(20)17(12-13)19(21-2)16-9-5-7-14-6-3-4-8-15(14)16/h3-4,6,8,10-12,16,19,21H,5,7,9H2,1-2H3. The Kier molecular flexibility index (Phi) is 4.07. The highest BCUT2D eigenvalue weighted by molar-refractivity contribution is 5.37. The van der Waals surface area contributed by atoms with E-state index < -0.39 is 0 Å². The number of likely N-dealkylation sites (N-methyl/N-ethyl adjacent to an activating group) is 1. The second kappa shape index (κ2) is 5.98. The van der Waals surface area contributed by atoms with Gasteiger partial charge < -0.3 is 5.32 Å². The molecule has 0 aromatic heterocycles. The third-order valence-corrected chi connectivity index (χ3v) is 4.62. The molecule has 0 radical (unpaired) electrons. The van der Waals surface area contributed by atoms with Crippen LogP contribution in [-0.2, 0) is 6.42 Å². The van der Waals surface area contributed by atoms with Crippen LogP contribution in [0.25, 0.3) is 0 Å². The van der Waals surface area contributed by atoms with Crippen molar-refractivity contribution in [1.82, 2.24) is 5.32 Å². The smallest absolute Gasteiger partial charge is 0.128 e. The van der Waals surface area contributed by atoms with Gasteiger partial charge in [0.25, 0.3) is 0 Å². The van der Waals surface area contributed by atoms with Crippen molar-refractivity contribution in [2.75, 3.05) is 7.05 Å². The van der Waals surface area contributed by atoms with Crippen LogP contribution in [0, 0.1) is 12.7 Å². The molecule has 3 rings (SSSR count). The van der Waals surface area contributed by atoms with E-state index in [2.05, 4.69) is 29.6 Å². The van der Waals surface area contributed by atoms with Crippen LogP contribution in [0.3, 0.4) is 0 Å². The van der Waals surface area contributed by atoms with Crippen molar-refractivity contribution in [2.45, 2.75) is 38.1 Å². The maximum absolute atomic E-state index is 14.3. The molecule has 0 heterocycles. The Hall–Kier alpha value is -1.67. The Morgan fingerprint density at radius 3 is 2.81 bits per heavy atom. The van der Waals surface area contributed by atoms with Gasteiger partial charge >= 0.3 is 0 Å². The number of halogens is 1. The fraction of sp³-hybridized carbons (Fsp3) is 0.368. The second-order valence-electron chi connectivity index (χ2n) is 5.99. The van der Waals surface area contributed by atoms with Crippen molar-refractivity contribution < 1.29 is 4.39 Å². The number of nitrogens with one attached hydrogen (secondary N) is 1. The van der Waals surface area contributed by atoms with Crippen LogP contribution in [0.2, 0.25) is 0 Å². The molecule has 0 amide bonds. The number of hydrogen-bond donors (Lipinski definition) is 1. The van der Waals surface area contributed by atoms with E-state index in [4.69, 9.17) is 0 Å². The number of hydrogen-bond acceptors (Lipinski definition) is 1. The van der Waals surface area contributed by atoms with Gasteiger partial charge in [0.1, 0.15) is 5.82 Å². The summed E-state index contributed by atoms with van der Waals surface area (Å²) in [4.78, 5) is 0. The fourth-order valence-corrected chi connectivity index (χ4v) is 3.61. The Morgan fingerprint density at radius 1 is 1.19 bits per heavy atom. The minimum Gasteiger partial charge on any atom is -0.312 e. The normalized spacial score (nSPS) is 19.1. The summed E-state index contributed by atoms with van der Waals surface area (Å²) in [6, 6.07) is 14.0. The molecule has 0 saturated carbocycles. The zero-order chi connectivity index (χ0) is 14.8. The van der Waals surface area contributed by atoms with E-state index in [1.165, 1.54) is 17.5 Å². The average molecular weight is 283 g/mol. The third-order valence-electron chi connectivity index (χ3n) is 4.62. The Labute approximate surface area is 126 Å². The minimum atomic E-state index is -0.108. The highest BCUT2D eigenvalue weighted by atomic mass is 19.1. The van der Waals surface area contributed by atoms with Gasteiger partial charge in [-0.2, -0.15) is 0 Å². The average Bonchev–Trinajstić information content (AvgIpc) is 2.51. The van der Waals surface area contributed by atoms with Crippen LogP contribution < -0.4 is 5.32 Å². The molecule has 0 saturated heterocycles. The SMILES string of the molecule is CNC(c1cc(C)ccc1F)C1CCCc2ccccc21. The summed E-state index contributed by atoms with van der Waals surface area (Å²) in [7, 11) is 1.93. The van der Waals surface area contributed by atoms with Crippen LogP contribution in [-0.4, -0.2) is 7.05 Å². The van der Waals surface area contributed by atoms with Gasteiger partial charge in [-0.05, 0) is 50.4 Å². The Morgan fingerprint density at radius 2 is 2.00 bits per heavy atom.